The van der Waals surface area contributed by atoms with Gasteiger partial charge in [-0.25, -0.2) is 0 Å². The third-order valence-electron chi connectivity index (χ3n) is 5.07. The predicted octanol–water partition coefficient (Wildman–Crippen LogP) is 2.58. The molecule has 0 spiro atoms. The number of nitrogens with zero attached hydrogens (tertiary/aromatic N) is 1. The lowest BCUT2D eigenvalue weighted by Crippen LogP contribution is -2.47. The normalized spacial score (nSPS) is 14.1. The number of likely N-dealkylation sites (tertiary alicyclic amines) is 1. The Balaban J connectivity index is 1.51. The van der Waals surface area contributed by atoms with Gasteiger partial charge in [0.25, 0.3) is 5.91 Å². The van der Waals surface area contributed by atoms with E-state index in [0.717, 1.165) is 5.56 Å². The number of amides is 2. The first-order valence-corrected chi connectivity index (χ1v) is 9.95. The number of hydrogen-bond donors (Lipinski definition) is 1. The molecule has 2 amide bonds. The SMILES string of the molecule is COc1ccccc1CC(=O)N1CCC(NC(=O)c2cccc(OC(C)=O)c2)CC1. The van der Waals surface area contributed by atoms with Gasteiger partial charge in [0, 0.05) is 37.2 Å². The first-order chi connectivity index (χ1) is 14.5. The monoisotopic (exact) mass is 410 g/mol. The number of rotatable bonds is 6. The van der Waals surface area contributed by atoms with Crippen molar-refractivity contribution in [2.75, 3.05) is 20.2 Å². The molecule has 7 nitrogen and oxygen atoms in total. The van der Waals surface area contributed by atoms with Crippen molar-refractivity contribution in [3.8, 4) is 11.5 Å². The van der Waals surface area contributed by atoms with E-state index in [1.807, 2.05) is 29.2 Å². The predicted molar refractivity (Wildman–Crippen MR) is 112 cm³/mol. The zero-order valence-corrected chi connectivity index (χ0v) is 17.2. The number of benzene rings is 2. The fraction of sp³-hybridized carbons (Fsp3) is 0.348. The van der Waals surface area contributed by atoms with Gasteiger partial charge in [-0.1, -0.05) is 24.3 Å². The number of carbonyl (C=O) groups is 3. The summed E-state index contributed by atoms with van der Waals surface area (Å²) in [6, 6.07) is 14.0. The molecule has 1 N–H and O–H groups in total. The van der Waals surface area contributed by atoms with Crippen LogP contribution in [0.3, 0.4) is 0 Å². The van der Waals surface area contributed by atoms with Crippen molar-refractivity contribution < 1.29 is 23.9 Å². The number of piperidine rings is 1. The van der Waals surface area contributed by atoms with Gasteiger partial charge in [0.15, 0.2) is 0 Å². The molecule has 3 rings (SSSR count). The van der Waals surface area contributed by atoms with Crippen LogP contribution in [0.4, 0.5) is 0 Å². The Kier molecular flexibility index (Phi) is 7.06. The maximum Gasteiger partial charge on any atom is 0.308 e. The molecule has 1 aliphatic rings. The fourth-order valence-electron chi connectivity index (χ4n) is 3.53. The fourth-order valence-corrected chi connectivity index (χ4v) is 3.53. The highest BCUT2D eigenvalue weighted by atomic mass is 16.5. The van der Waals surface area contributed by atoms with Gasteiger partial charge < -0.3 is 19.7 Å². The molecule has 0 bridgehead atoms. The molecule has 0 aromatic heterocycles. The van der Waals surface area contributed by atoms with Crippen LogP contribution in [0.15, 0.2) is 48.5 Å². The van der Waals surface area contributed by atoms with Crippen LogP contribution in [0, 0.1) is 0 Å². The van der Waals surface area contributed by atoms with Gasteiger partial charge in [-0.15, -0.1) is 0 Å². The second-order valence-electron chi connectivity index (χ2n) is 7.24. The van der Waals surface area contributed by atoms with Gasteiger partial charge >= 0.3 is 5.97 Å². The van der Waals surface area contributed by atoms with E-state index in [1.54, 1.807) is 31.4 Å². The molecule has 0 radical (unpaired) electrons. The summed E-state index contributed by atoms with van der Waals surface area (Å²) >= 11 is 0. The van der Waals surface area contributed by atoms with Crippen LogP contribution in [-0.4, -0.2) is 48.9 Å². The number of ether oxygens (including phenoxy) is 2. The largest absolute Gasteiger partial charge is 0.496 e. The molecule has 0 unspecified atom stereocenters. The van der Waals surface area contributed by atoms with E-state index in [9.17, 15) is 14.4 Å². The molecule has 1 aliphatic heterocycles. The lowest BCUT2D eigenvalue weighted by Gasteiger charge is -2.32. The summed E-state index contributed by atoms with van der Waals surface area (Å²) in [5, 5.41) is 3.01. The van der Waals surface area contributed by atoms with Crippen molar-refractivity contribution in [3.63, 3.8) is 0 Å². The zero-order valence-electron chi connectivity index (χ0n) is 17.2. The molecular formula is C23H26N2O5. The summed E-state index contributed by atoms with van der Waals surface area (Å²) in [6.45, 7) is 2.49. The van der Waals surface area contributed by atoms with Gasteiger partial charge in [0.2, 0.25) is 5.91 Å². The second-order valence-corrected chi connectivity index (χ2v) is 7.24. The van der Waals surface area contributed by atoms with Gasteiger partial charge in [0.05, 0.1) is 13.5 Å². The summed E-state index contributed by atoms with van der Waals surface area (Å²) in [4.78, 5) is 38.1. The maximum atomic E-state index is 12.7. The smallest absolute Gasteiger partial charge is 0.308 e. The van der Waals surface area contributed by atoms with Crippen LogP contribution in [0.5, 0.6) is 11.5 Å². The molecule has 30 heavy (non-hydrogen) atoms. The number of para-hydroxylation sites is 1. The van der Waals surface area contributed by atoms with Crippen LogP contribution in [0.1, 0.15) is 35.7 Å². The molecule has 1 saturated heterocycles. The van der Waals surface area contributed by atoms with Gasteiger partial charge in [-0.3, -0.25) is 14.4 Å². The van der Waals surface area contributed by atoms with Crippen LogP contribution < -0.4 is 14.8 Å². The molecular weight excluding hydrogens is 384 g/mol. The third kappa shape index (κ3) is 5.59. The molecule has 0 saturated carbocycles. The first kappa shape index (κ1) is 21.4. The summed E-state index contributed by atoms with van der Waals surface area (Å²) in [7, 11) is 1.60. The second kappa shape index (κ2) is 9.91. The Morgan fingerprint density at radius 1 is 1.07 bits per heavy atom. The van der Waals surface area contributed by atoms with E-state index in [2.05, 4.69) is 5.32 Å². The Hall–Kier alpha value is -3.35. The number of carbonyl (C=O) groups excluding carboxylic acids is 3. The molecule has 1 fully saturated rings. The number of esters is 1. The van der Waals surface area contributed by atoms with Crippen molar-refractivity contribution in [2.45, 2.75) is 32.2 Å². The van der Waals surface area contributed by atoms with Crippen molar-refractivity contribution >= 4 is 17.8 Å². The minimum Gasteiger partial charge on any atom is -0.496 e. The molecule has 0 atom stereocenters. The van der Waals surface area contributed by atoms with E-state index in [-0.39, 0.29) is 17.9 Å². The summed E-state index contributed by atoms with van der Waals surface area (Å²) in [5.41, 5.74) is 1.30. The zero-order chi connectivity index (χ0) is 21.5. The highest BCUT2D eigenvalue weighted by molar-refractivity contribution is 5.95. The van der Waals surface area contributed by atoms with E-state index in [1.165, 1.54) is 6.92 Å². The van der Waals surface area contributed by atoms with Crippen LogP contribution >= 0.6 is 0 Å². The lowest BCUT2D eigenvalue weighted by atomic mass is 10.0. The van der Waals surface area contributed by atoms with E-state index in [4.69, 9.17) is 9.47 Å². The Bertz CT molecular complexity index is 919. The quantitative estimate of drug-likeness (QED) is 0.585. The molecule has 158 valence electrons. The molecule has 0 aliphatic carbocycles. The number of methoxy groups -OCH3 is 1. The summed E-state index contributed by atoms with van der Waals surface area (Å²) < 4.78 is 10.3. The molecule has 2 aromatic rings. The maximum absolute atomic E-state index is 12.7. The van der Waals surface area contributed by atoms with E-state index in [0.29, 0.717) is 49.4 Å². The Labute approximate surface area is 176 Å². The van der Waals surface area contributed by atoms with Crippen molar-refractivity contribution in [2.24, 2.45) is 0 Å². The third-order valence-corrected chi connectivity index (χ3v) is 5.07. The van der Waals surface area contributed by atoms with Gasteiger partial charge in [0.1, 0.15) is 11.5 Å². The topological polar surface area (TPSA) is 84.9 Å². The number of nitrogens with one attached hydrogen (secondary N) is 1. The van der Waals surface area contributed by atoms with Crippen LogP contribution in [-0.2, 0) is 16.0 Å². The first-order valence-electron chi connectivity index (χ1n) is 9.95. The number of hydrogen-bond acceptors (Lipinski definition) is 5. The summed E-state index contributed by atoms with van der Waals surface area (Å²) in [6.07, 6.45) is 1.67. The highest BCUT2D eigenvalue weighted by Crippen LogP contribution is 2.20. The van der Waals surface area contributed by atoms with Crippen molar-refractivity contribution in [3.05, 3.63) is 59.7 Å². The average Bonchev–Trinajstić information content (AvgIpc) is 2.74. The van der Waals surface area contributed by atoms with Crippen molar-refractivity contribution in [1.29, 1.82) is 0 Å². The van der Waals surface area contributed by atoms with Crippen LogP contribution in [0.25, 0.3) is 0 Å². The van der Waals surface area contributed by atoms with Crippen LogP contribution in [0.2, 0.25) is 0 Å². The van der Waals surface area contributed by atoms with Crippen molar-refractivity contribution in [1.82, 2.24) is 10.2 Å². The minimum atomic E-state index is -0.433. The Morgan fingerprint density at radius 2 is 1.80 bits per heavy atom. The Morgan fingerprint density at radius 3 is 2.50 bits per heavy atom. The summed E-state index contributed by atoms with van der Waals surface area (Å²) in [5.74, 6) is 0.453. The molecule has 1 heterocycles. The lowest BCUT2D eigenvalue weighted by molar-refractivity contribution is -0.132. The average molecular weight is 410 g/mol. The molecule has 7 heteroatoms. The minimum absolute atomic E-state index is 0.00908. The molecule has 2 aromatic carbocycles. The standard InChI is InChI=1S/C23H26N2O5/c1-16(26)30-20-8-5-7-18(14-20)23(28)24-19-10-12-25(13-11-19)22(27)15-17-6-3-4-9-21(17)29-2/h3-9,14,19H,10-13,15H2,1-2H3,(H,24,28). The van der Waals surface area contributed by atoms with Gasteiger partial charge in [-0.05, 0) is 37.1 Å². The highest BCUT2D eigenvalue weighted by Gasteiger charge is 2.25. The van der Waals surface area contributed by atoms with Gasteiger partial charge in [-0.2, -0.15) is 0 Å². The van der Waals surface area contributed by atoms with E-state index >= 15 is 0 Å². The van der Waals surface area contributed by atoms with E-state index < -0.39 is 5.97 Å².